The number of hydrogen-bond donors (Lipinski definition) is 0. The first-order chi connectivity index (χ1) is 15.6. The van der Waals surface area contributed by atoms with E-state index in [4.69, 9.17) is 8.92 Å². The van der Waals surface area contributed by atoms with E-state index in [1.165, 1.54) is 47.4 Å². The third-order valence-corrected chi connectivity index (χ3v) is 7.03. The van der Waals surface area contributed by atoms with Crippen LogP contribution in [0.1, 0.15) is 41.0 Å². The SMILES string of the molecule is CCN(C(C)=O)c1nc(COC(=O)c2ccc(OS(=O)(=O)c3cc(C)ccc3C)cc2)cs1. The fourth-order valence-corrected chi connectivity index (χ4v) is 5.16. The molecule has 0 aliphatic rings. The Kier molecular flexibility index (Phi) is 7.50. The predicted octanol–water partition coefficient (Wildman–Crippen LogP) is 4.26. The van der Waals surface area contributed by atoms with Gasteiger partial charge in [-0.15, -0.1) is 11.3 Å². The van der Waals surface area contributed by atoms with Crippen molar-refractivity contribution in [2.45, 2.75) is 39.2 Å². The summed E-state index contributed by atoms with van der Waals surface area (Å²) in [5, 5.41) is 2.27. The number of aryl methyl sites for hydroxylation is 2. The van der Waals surface area contributed by atoms with E-state index in [1.807, 2.05) is 13.0 Å². The van der Waals surface area contributed by atoms with Crippen LogP contribution >= 0.6 is 11.3 Å². The van der Waals surface area contributed by atoms with Crippen LogP contribution in [0.15, 0.2) is 52.7 Å². The maximum atomic E-state index is 12.6. The molecule has 0 unspecified atom stereocenters. The van der Waals surface area contributed by atoms with Crippen LogP contribution in [0.3, 0.4) is 0 Å². The number of benzene rings is 2. The number of esters is 1. The molecule has 0 aliphatic carbocycles. The second kappa shape index (κ2) is 10.1. The Morgan fingerprint density at radius 3 is 2.42 bits per heavy atom. The average molecular weight is 489 g/mol. The number of rotatable bonds is 8. The molecule has 1 amide bonds. The van der Waals surface area contributed by atoms with Gasteiger partial charge in [0.15, 0.2) is 5.13 Å². The topological polar surface area (TPSA) is 103 Å². The number of aromatic nitrogens is 1. The Labute approximate surface area is 196 Å². The maximum Gasteiger partial charge on any atom is 0.339 e. The fraction of sp³-hybridized carbons (Fsp3) is 0.261. The van der Waals surface area contributed by atoms with Gasteiger partial charge in [-0.1, -0.05) is 12.1 Å². The van der Waals surface area contributed by atoms with Crippen LogP contribution in [0, 0.1) is 13.8 Å². The van der Waals surface area contributed by atoms with Crippen LogP contribution in [0.5, 0.6) is 5.75 Å². The Morgan fingerprint density at radius 2 is 1.79 bits per heavy atom. The number of carbonyl (C=O) groups excluding carboxylic acids is 2. The molecule has 0 saturated heterocycles. The van der Waals surface area contributed by atoms with Crippen molar-refractivity contribution in [3.05, 3.63) is 70.2 Å². The van der Waals surface area contributed by atoms with Gasteiger partial charge in [0.2, 0.25) is 5.91 Å². The molecule has 3 rings (SSSR count). The zero-order valence-electron chi connectivity index (χ0n) is 18.7. The normalized spacial score (nSPS) is 11.2. The van der Waals surface area contributed by atoms with E-state index >= 15 is 0 Å². The number of amides is 1. The second-order valence-electron chi connectivity index (χ2n) is 7.29. The summed E-state index contributed by atoms with van der Waals surface area (Å²) in [5.74, 6) is -0.620. The number of nitrogens with zero attached hydrogens (tertiary/aromatic N) is 2. The molecule has 1 aromatic heterocycles. The Bertz CT molecular complexity index is 1270. The molecule has 1 heterocycles. The lowest BCUT2D eigenvalue weighted by atomic mass is 10.2. The van der Waals surface area contributed by atoms with Crippen molar-refractivity contribution < 1.29 is 26.9 Å². The summed E-state index contributed by atoms with van der Waals surface area (Å²) in [4.78, 5) is 29.9. The first-order valence-corrected chi connectivity index (χ1v) is 12.4. The lowest BCUT2D eigenvalue weighted by Gasteiger charge is -2.14. The van der Waals surface area contributed by atoms with E-state index in [1.54, 1.807) is 31.4 Å². The lowest BCUT2D eigenvalue weighted by Crippen LogP contribution is -2.27. The van der Waals surface area contributed by atoms with Crippen molar-refractivity contribution in [2.24, 2.45) is 0 Å². The van der Waals surface area contributed by atoms with E-state index in [-0.39, 0.29) is 28.7 Å². The minimum atomic E-state index is -4.01. The van der Waals surface area contributed by atoms with Gasteiger partial charge < -0.3 is 8.92 Å². The Morgan fingerprint density at radius 1 is 1.09 bits per heavy atom. The van der Waals surface area contributed by atoms with Crippen molar-refractivity contribution in [3.63, 3.8) is 0 Å². The quantitative estimate of drug-likeness (QED) is 0.345. The predicted molar refractivity (Wildman–Crippen MR) is 125 cm³/mol. The molecule has 0 N–H and O–H groups in total. The highest BCUT2D eigenvalue weighted by molar-refractivity contribution is 7.87. The third-order valence-electron chi connectivity index (χ3n) is 4.73. The van der Waals surface area contributed by atoms with E-state index < -0.39 is 16.1 Å². The van der Waals surface area contributed by atoms with Crippen LogP contribution in [0.25, 0.3) is 0 Å². The summed E-state index contributed by atoms with van der Waals surface area (Å²) in [6.45, 7) is 7.25. The molecule has 0 aliphatic heterocycles. The van der Waals surface area contributed by atoms with Gasteiger partial charge in [0.25, 0.3) is 0 Å². The van der Waals surface area contributed by atoms with Crippen molar-refractivity contribution in [3.8, 4) is 5.75 Å². The zero-order valence-corrected chi connectivity index (χ0v) is 20.3. The van der Waals surface area contributed by atoms with Gasteiger partial charge in [0.05, 0.1) is 11.3 Å². The number of hydrogen-bond acceptors (Lipinski definition) is 8. The summed E-state index contributed by atoms with van der Waals surface area (Å²) in [6.07, 6.45) is 0. The highest BCUT2D eigenvalue weighted by Crippen LogP contribution is 2.24. The van der Waals surface area contributed by atoms with Crippen LogP contribution < -0.4 is 9.08 Å². The van der Waals surface area contributed by atoms with E-state index in [9.17, 15) is 18.0 Å². The minimum Gasteiger partial charge on any atom is -0.456 e. The highest BCUT2D eigenvalue weighted by atomic mass is 32.2. The maximum absolute atomic E-state index is 12.6. The van der Waals surface area contributed by atoms with Crippen molar-refractivity contribution >= 4 is 38.5 Å². The molecule has 0 spiro atoms. The Balaban J connectivity index is 1.63. The number of ether oxygens (including phenoxy) is 1. The van der Waals surface area contributed by atoms with Crippen LogP contribution in [-0.2, 0) is 26.3 Å². The lowest BCUT2D eigenvalue weighted by molar-refractivity contribution is -0.116. The van der Waals surface area contributed by atoms with E-state index in [2.05, 4.69) is 4.98 Å². The molecule has 174 valence electrons. The highest BCUT2D eigenvalue weighted by Gasteiger charge is 2.20. The minimum absolute atomic E-state index is 0.0515. The van der Waals surface area contributed by atoms with Gasteiger partial charge in [-0.3, -0.25) is 9.69 Å². The summed E-state index contributed by atoms with van der Waals surface area (Å²) in [6, 6.07) is 10.7. The van der Waals surface area contributed by atoms with Crippen LogP contribution in [-0.4, -0.2) is 31.8 Å². The summed E-state index contributed by atoms with van der Waals surface area (Å²) in [7, 11) is -4.01. The second-order valence-corrected chi connectivity index (χ2v) is 9.64. The monoisotopic (exact) mass is 488 g/mol. The first-order valence-electron chi connectivity index (χ1n) is 10.1. The zero-order chi connectivity index (χ0) is 24.2. The molecule has 0 radical (unpaired) electrons. The molecule has 3 aromatic rings. The van der Waals surface area contributed by atoms with E-state index in [0.717, 1.165) is 5.56 Å². The molecule has 0 fully saturated rings. The molecule has 8 nitrogen and oxygen atoms in total. The Hall–Kier alpha value is -3.24. The van der Waals surface area contributed by atoms with Gasteiger partial charge in [-0.25, -0.2) is 9.78 Å². The molecular formula is C23H24N2O6S2. The number of carbonyl (C=O) groups is 2. The van der Waals surface area contributed by atoms with Gasteiger partial charge in [0, 0.05) is 18.8 Å². The molecule has 0 saturated carbocycles. The van der Waals surface area contributed by atoms with Gasteiger partial charge >= 0.3 is 16.1 Å². The van der Waals surface area contributed by atoms with Gasteiger partial charge in [-0.2, -0.15) is 8.42 Å². The summed E-state index contributed by atoms with van der Waals surface area (Å²) < 4.78 is 35.7. The van der Waals surface area contributed by atoms with Crippen molar-refractivity contribution in [1.29, 1.82) is 0 Å². The molecule has 0 atom stereocenters. The van der Waals surface area contributed by atoms with Crippen molar-refractivity contribution in [1.82, 2.24) is 4.98 Å². The molecule has 10 heteroatoms. The van der Waals surface area contributed by atoms with Crippen LogP contribution in [0.2, 0.25) is 0 Å². The molecule has 2 aromatic carbocycles. The number of thiazole rings is 1. The standard InChI is InChI=1S/C23H24N2O6S2/c1-5-25(17(4)26)23-24-19(14-32-23)13-30-22(27)18-8-10-20(11-9-18)31-33(28,29)21-12-15(2)6-7-16(21)3/h6-12,14H,5,13H2,1-4H3. The number of anilines is 1. The van der Waals surface area contributed by atoms with Gasteiger partial charge in [0.1, 0.15) is 17.3 Å². The third kappa shape index (κ3) is 5.96. The van der Waals surface area contributed by atoms with Crippen molar-refractivity contribution in [2.75, 3.05) is 11.4 Å². The summed E-state index contributed by atoms with van der Waals surface area (Å²) >= 11 is 1.29. The molecular weight excluding hydrogens is 464 g/mol. The average Bonchev–Trinajstić information content (AvgIpc) is 3.22. The first kappa shape index (κ1) is 24.4. The smallest absolute Gasteiger partial charge is 0.339 e. The fourth-order valence-electron chi connectivity index (χ4n) is 3.00. The summed E-state index contributed by atoms with van der Waals surface area (Å²) in [5.41, 5.74) is 2.15. The largest absolute Gasteiger partial charge is 0.456 e. The van der Waals surface area contributed by atoms with Gasteiger partial charge in [-0.05, 0) is 62.2 Å². The van der Waals surface area contributed by atoms with E-state index in [0.29, 0.717) is 22.9 Å². The van der Waals surface area contributed by atoms with Crippen LogP contribution in [0.4, 0.5) is 5.13 Å². The molecule has 0 bridgehead atoms. The molecule has 33 heavy (non-hydrogen) atoms.